The Balaban J connectivity index is 1.45. The molecule has 0 saturated heterocycles. The molecule has 4 rings (SSSR count). The first-order valence-electron chi connectivity index (χ1n) is 11.3. The Morgan fingerprint density at radius 3 is 2.66 bits per heavy atom. The van der Waals surface area contributed by atoms with Crippen LogP contribution in [0.3, 0.4) is 0 Å². The fourth-order valence-corrected chi connectivity index (χ4v) is 5.91. The molecule has 1 heterocycles. The van der Waals surface area contributed by atoms with Crippen LogP contribution in [-0.4, -0.2) is 30.7 Å². The summed E-state index contributed by atoms with van der Waals surface area (Å²) < 4.78 is 11.7. The number of benzene rings is 2. The van der Waals surface area contributed by atoms with Gasteiger partial charge in [0.2, 0.25) is 0 Å². The highest BCUT2D eigenvalue weighted by atomic mass is 79.9. The van der Waals surface area contributed by atoms with E-state index in [1.54, 1.807) is 12.1 Å². The van der Waals surface area contributed by atoms with Gasteiger partial charge in [0, 0.05) is 15.8 Å². The van der Waals surface area contributed by atoms with Crippen LogP contribution in [0.2, 0.25) is 0 Å². The van der Waals surface area contributed by atoms with Crippen molar-refractivity contribution in [3.63, 3.8) is 0 Å². The summed E-state index contributed by atoms with van der Waals surface area (Å²) in [6, 6.07) is 15.3. The SMILES string of the molecule is COC(=O)c1c(NC(=S)NC(=O)c2cc(Br)ccc2OCCc2ccccc2)sc2c1CCCC2. The van der Waals surface area contributed by atoms with E-state index in [0.29, 0.717) is 28.5 Å². The second-order valence-corrected chi connectivity index (χ2v) is 10.5. The van der Waals surface area contributed by atoms with Gasteiger partial charge in [-0.15, -0.1) is 11.3 Å². The monoisotopic (exact) mass is 572 g/mol. The second kappa shape index (κ2) is 11.8. The van der Waals surface area contributed by atoms with Gasteiger partial charge in [-0.2, -0.15) is 0 Å². The number of amides is 1. The first kappa shape index (κ1) is 25.3. The maximum Gasteiger partial charge on any atom is 0.341 e. The number of methoxy groups -OCH3 is 1. The molecule has 0 radical (unpaired) electrons. The van der Waals surface area contributed by atoms with Crippen molar-refractivity contribution in [1.29, 1.82) is 0 Å². The van der Waals surface area contributed by atoms with Gasteiger partial charge in [-0.3, -0.25) is 10.1 Å². The van der Waals surface area contributed by atoms with E-state index < -0.39 is 11.9 Å². The van der Waals surface area contributed by atoms with Crippen molar-refractivity contribution < 1.29 is 19.1 Å². The van der Waals surface area contributed by atoms with E-state index in [0.717, 1.165) is 52.6 Å². The van der Waals surface area contributed by atoms with Crippen LogP contribution in [0.5, 0.6) is 5.75 Å². The number of anilines is 1. The third-order valence-corrected chi connectivity index (χ3v) is 7.60. The topological polar surface area (TPSA) is 76.7 Å². The summed E-state index contributed by atoms with van der Waals surface area (Å²) in [5.74, 6) is -0.340. The zero-order valence-electron chi connectivity index (χ0n) is 19.2. The van der Waals surface area contributed by atoms with Crippen LogP contribution < -0.4 is 15.4 Å². The number of thiophene rings is 1. The Morgan fingerprint density at radius 1 is 1.11 bits per heavy atom. The average molecular weight is 574 g/mol. The molecule has 1 aliphatic rings. The van der Waals surface area contributed by atoms with Crippen molar-refractivity contribution in [2.45, 2.75) is 32.1 Å². The first-order valence-corrected chi connectivity index (χ1v) is 13.3. The smallest absolute Gasteiger partial charge is 0.341 e. The normalized spacial score (nSPS) is 12.4. The van der Waals surface area contributed by atoms with E-state index >= 15 is 0 Å². The summed E-state index contributed by atoms with van der Waals surface area (Å²) in [6.07, 6.45) is 4.59. The summed E-state index contributed by atoms with van der Waals surface area (Å²) in [4.78, 5) is 26.7. The quantitative estimate of drug-likeness (QED) is 0.270. The van der Waals surface area contributed by atoms with Gasteiger partial charge in [-0.1, -0.05) is 46.3 Å². The molecule has 0 spiro atoms. The molecule has 0 fully saturated rings. The highest BCUT2D eigenvalue weighted by Gasteiger charge is 2.27. The standard InChI is InChI=1S/C26H25BrN2O4S2/c1-32-25(31)22-18-9-5-6-10-21(18)35-24(22)29-26(34)28-23(30)19-15-17(27)11-12-20(19)33-14-13-16-7-3-2-4-8-16/h2-4,7-8,11-12,15H,5-6,9-10,13-14H2,1H3,(H2,28,29,30,34). The molecule has 1 aliphatic carbocycles. The molecule has 0 unspecified atom stereocenters. The summed E-state index contributed by atoms with van der Waals surface area (Å²) in [5.41, 5.74) is 3.04. The minimum Gasteiger partial charge on any atom is -0.492 e. The molecule has 2 N–H and O–H groups in total. The van der Waals surface area contributed by atoms with Crippen molar-refractivity contribution in [2.24, 2.45) is 0 Å². The van der Waals surface area contributed by atoms with Crippen LogP contribution in [0.15, 0.2) is 53.0 Å². The molecule has 1 aromatic heterocycles. The lowest BCUT2D eigenvalue weighted by Crippen LogP contribution is -2.34. The summed E-state index contributed by atoms with van der Waals surface area (Å²) in [5, 5.41) is 6.47. The van der Waals surface area contributed by atoms with Gasteiger partial charge in [0.05, 0.1) is 24.8 Å². The lowest BCUT2D eigenvalue weighted by Gasteiger charge is -2.14. The molecule has 0 aliphatic heterocycles. The average Bonchev–Trinajstić information content (AvgIpc) is 3.22. The predicted octanol–water partition coefficient (Wildman–Crippen LogP) is 5.92. The van der Waals surface area contributed by atoms with E-state index in [-0.39, 0.29) is 5.11 Å². The van der Waals surface area contributed by atoms with Crippen LogP contribution in [-0.2, 0) is 24.0 Å². The molecule has 0 saturated carbocycles. The molecule has 0 atom stereocenters. The van der Waals surface area contributed by atoms with E-state index in [1.807, 2.05) is 36.4 Å². The molecule has 0 bridgehead atoms. The number of hydrogen-bond acceptors (Lipinski definition) is 6. The van der Waals surface area contributed by atoms with E-state index in [2.05, 4.69) is 26.6 Å². The van der Waals surface area contributed by atoms with Gasteiger partial charge in [-0.25, -0.2) is 4.79 Å². The number of ether oxygens (including phenoxy) is 2. The lowest BCUT2D eigenvalue weighted by atomic mass is 9.95. The van der Waals surface area contributed by atoms with Crippen LogP contribution in [0.4, 0.5) is 5.00 Å². The Hall–Kier alpha value is -2.75. The molecule has 35 heavy (non-hydrogen) atoms. The van der Waals surface area contributed by atoms with Crippen molar-refractivity contribution in [2.75, 3.05) is 19.0 Å². The third-order valence-electron chi connectivity index (χ3n) is 5.69. The van der Waals surface area contributed by atoms with Crippen molar-refractivity contribution in [1.82, 2.24) is 5.32 Å². The maximum atomic E-state index is 13.1. The minimum atomic E-state index is -0.403. The molecular weight excluding hydrogens is 548 g/mol. The van der Waals surface area contributed by atoms with Gasteiger partial charge in [0.15, 0.2) is 5.11 Å². The largest absolute Gasteiger partial charge is 0.492 e. The summed E-state index contributed by atoms with van der Waals surface area (Å²) >= 11 is 10.3. The number of fused-ring (bicyclic) bond motifs is 1. The molecule has 2 aromatic carbocycles. The summed E-state index contributed by atoms with van der Waals surface area (Å²) in [7, 11) is 1.37. The number of hydrogen-bond donors (Lipinski definition) is 2. The Kier molecular flexibility index (Phi) is 8.54. The molecule has 3 aromatic rings. The number of nitrogens with one attached hydrogen (secondary N) is 2. The van der Waals surface area contributed by atoms with E-state index in [1.165, 1.54) is 18.4 Å². The Morgan fingerprint density at radius 2 is 1.89 bits per heavy atom. The number of esters is 1. The van der Waals surface area contributed by atoms with Crippen molar-refractivity contribution in [3.05, 3.63) is 80.1 Å². The van der Waals surface area contributed by atoms with Crippen molar-refractivity contribution in [3.8, 4) is 5.75 Å². The van der Waals surface area contributed by atoms with Crippen LogP contribution in [0.25, 0.3) is 0 Å². The van der Waals surface area contributed by atoms with Crippen LogP contribution in [0.1, 0.15) is 49.6 Å². The minimum absolute atomic E-state index is 0.106. The first-order chi connectivity index (χ1) is 17.0. The van der Waals surface area contributed by atoms with Gasteiger partial charge < -0.3 is 14.8 Å². The predicted molar refractivity (Wildman–Crippen MR) is 146 cm³/mol. The van der Waals surface area contributed by atoms with Crippen molar-refractivity contribution >= 4 is 61.5 Å². The molecule has 9 heteroatoms. The van der Waals surface area contributed by atoms with E-state index in [9.17, 15) is 9.59 Å². The number of thiocarbonyl (C=S) groups is 1. The second-order valence-electron chi connectivity index (χ2n) is 8.04. The van der Waals surface area contributed by atoms with Crippen LogP contribution >= 0.6 is 39.5 Å². The number of carbonyl (C=O) groups excluding carboxylic acids is 2. The number of carbonyl (C=O) groups is 2. The zero-order valence-corrected chi connectivity index (χ0v) is 22.4. The number of rotatable bonds is 7. The fraction of sp³-hybridized carbons (Fsp3) is 0.269. The van der Waals surface area contributed by atoms with Gasteiger partial charge in [0.25, 0.3) is 5.91 Å². The molecular formula is C26H25BrN2O4S2. The number of aryl methyl sites for hydroxylation is 1. The molecule has 182 valence electrons. The highest BCUT2D eigenvalue weighted by Crippen LogP contribution is 2.38. The zero-order chi connectivity index (χ0) is 24.8. The lowest BCUT2D eigenvalue weighted by molar-refractivity contribution is 0.0601. The van der Waals surface area contributed by atoms with Crippen LogP contribution in [0, 0.1) is 0 Å². The summed E-state index contributed by atoms with van der Waals surface area (Å²) in [6.45, 7) is 0.428. The van der Waals surface area contributed by atoms with Gasteiger partial charge in [-0.05, 0) is 67.2 Å². The Bertz CT molecular complexity index is 1240. The van der Waals surface area contributed by atoms with E-state index in [4.69, 9.17) is 21.7 Å². The number of halogens is 1. The Labute approximate surface area is 222 Å². The highest BCUT2D eigenvalue weighted by molar-refractivity contribution is 9.10. The third kappa shape index (κ3) is 6.28. The molecule has 6 nitrogen and oxygen atoms in total. The van der Waals surface area contributed by atoms with Gasteiger partial charge in [0.1, 0.15) is 10.8 Å². The maximum absolute atomic E-state index is 13.1. The molecule has 1 amide bonds. The fourth-order valence-electron chi connectivity index (χ4n) is 4.01. The van der Waals surface area contributed by atoms with Gasteiger partial charge >= 0.3 is 5.97 Å².